The summed E-state index contributed by atoms with van der Waals surface area (Å²) in [6, 6.07) is 14.1. The average molecular weight is 420 g/mol. The molecule has 0 saturated carbocycles. The van der Waals surface area contributed by atoms with Crippen LogP contribution in [-0.2, 0) is 10.0 Å². The van der Waals surface area contributed by atoms with Gasteiger partial charge in [-0.1, -0.05) is 6.07 Å². The molecule has 142 valence electrons. The van der Waals surface area contributed by atoms with Crippen LogP contribution in [0, 0.1) is 0 Å². The van der Waals surface area contributed by atoms with Crippen molar-refractivity contribution in [3.63, 3.8) is 0 Å². The molecule has 0 atom stereocenters. The molecule has 0 unspecified atom stereocenters. The summed E-state index contributed by atoms with van der Waals surface area (Å²) >= 11 is 0. The second-order valence-corrected chi connectivity index (χ2v) is 7.19. The number of pyridine rings is 1. The number of hydrogen-bond acceptors (Lipinski definition) is 8. The van der Waals surface area contributed by atoms with E-state index < -0.39 is 27.3 Å². The molecule has 1 aromatic heterocycles. The molecule has 0 aliphatic carbocycles. The fraction of sp³-hybridized carbons (Fsp3) is 0. The number of carbonyl (C=O) groups excluding carboxylic acids is 1. The van der Waals surface area contributed by atoms with Gasteiger partial charge in [0.25, 0.3) is 10.0 Å². The summed E-state index contributed by atoms with van der Waals surface area (Å²) in [7, 11) is -3.80. The van der Waals surface area contributed by atoms with Gasteiger partial charge in [0.1, 0.15) is 11.6 Å². The zero-order valence-corrected chi connectivity index (χ0v) is 18.0. The minimum absolute atomic E-state index is 0. The first-order valence-corrected chi connectivity index (χ1v) is 9.33. The van der Waals surface area contributed by atoms with Crippen LogP contribution in [0.1, 0.15) is 10.4 Å². The number of aromatic hydroxyl groups is 1. The Morgan fingerprint density at radius 3 is 2.28 bits per heavy atom. The first-order chi connectivity index (χ1) is 13.3. The monoisotopic (exact) mass is 420 g/mol. The SMILES string of the molecule is O=C([O-])c1cc(N=Nc2ccc(S(=O)(=O)Nc3ccccn3)cc2)ccc1O.[Na+]. The number of aromatic carboxylic acids is 1. The molecule has 0 radical (unpaired) electrons. The molecule has 0 amide bonds. The van der Waals surface area contributed by atoms with Crippen LogP contribution in [0.3, 0.4) is 0 Å². The van der Waals surface area contributed by atoms with Gasteiger partial charge in [-0.25, -0.2) is 13.4 Å². The smallest absolute Gasteiger partial charge is 0.545 e. The van der Waals surface area contributed by atoms with Crippen molar-refractivity contribution in [3.05, 3.63) is 72.4 Å². The summed E-state index contributed by atoms with van der Waals surface area (Å²) in [5, 5.41) is 28.1. The number of carboxylic acids is 1. The van der Waals surface area contributed by atoms with Crippen molar-refractivity contribution in [2.24, 2.45) is 10.2 Å². The maximum Gasteiger partial charge on any atom is 1.00 e. The molecule has 0 saturated heterocycles. The molecule has 0 aliphatic rings. The predicted molar refractivity (Wildman–Crippen MR) is 98.1 cm³/mol. The van der Waals surface area contributed by atoms with Crippen LogP contribution < -0.4 is 39.4 Å². The Kier molecular flexibility index (Phi) is 7.46. The van der Waals surface area contributed by atoms with Crippen LogP contribution in [0.25, 0.3) is 0 Å². The molecule has 0 spiro atoms. The molecule has 2 aromatic carbocycles. The number of azo groups is 1. The minimum Gasteiger partial charge on any atom is -0.545 e. The molecule has 2 N–H and O–H groups in total. The number of nitrogens with one attached hydrogen (secondary N) is 1. The number of phenols is 1. The van der Waals surface area contributed by atoms with Crippen LogP contribution in [0.15, 0.2) is 82.0 Å². The van der Waals surface area contributed by atoms with Gasteiger partial charge >= 0.3 is 29.6 Å². The molecule has 29 heavy (non-hydrogen) atoms. The zero-order valence-electron chi connectivity index (χ0n) is 15.2. The molecule has 1 heterocycles. The van der Waals surface area contributed by atoms with E-state index >= 15 is 0 Å². The van der Waals surface area contributed by atoms with Gasteiger partial charge in [0, 0.05) is 11.8 Å². The Morgan fingerprint density at radius 2 is 1.66 bits per heavy atom. The second-order valence-electron chi connectivity index (χ2n) is 5.50. The van der Waals surface area contributed by atoms with Crippen LogP contribution >= 0.6 is 0 Å². The van der Waals surface area contributed by atoms with Crippen LogP contribution in [-0.4, -0.2) is 24.5 Å². The summed E-state index contributed by atoms with van der Waals surface area (Å²) in [5.41, 5.74) is 0.129. The Balaban J connectivity index is 0.00000300. The largest absolute Gasteiger partial charge is 1.00 e. The Labute approximate surface area is 188 Å². The molecule has 3 aromatic rings. The number of sulfonamides is 1. The first-order valence-electron chi connectivity index (χ1n) is 7.85. The van der Waals surface area contributed by atoms with Gasteiger partial charge in [-0.05, 0) is 54.6 Å². The number of rotatable bonds is 6. The van der Waals surface area contributed by atoms with E-state index in [4.69, 9.17) is 0 Å². The number of anilines is 1. The van der Waals surface area contributed by atoms with E-state index in [9.17, 15) is 23.4 Å². The number of aromatic nitrogens is 1. The Bertz CT molecular complexity index is 1140. The summed E-state index contributed by atoms with van der Waals surface area (Å²) in [6.07, 6.45) is 1.47. The van der Waals surface area contributed by atoms with Crippen LogP contribution in [0.5, 0.6) is 5.75 Å². The average Bonchev–Trinajstić information content (AvgIpc) is 2.68. The minimum atomic E-state index is -3.80. The number of benzene rings is 2. The van der Waals surface area contributed by atoms with Gasteiger partial charge in [-0.15, -0.1) is 0 Å². The van der Waals surface area contributed by atoms with E-state index in [-0.39, 0.29) is 46.0 Å². The molecular formula is C18H13N4NaO5S. The number of hydrogen-bond donors (Lipinski definition) is 2. The molecule has 0 bridgehead atoms. The predicted octanol–water partition coefficient (Wildman–Crippen LogP) is -0.629. The standard InChI is InChI=1S/C18H14N4O5S.Na/c23-16-9-6-13(11-15(16)18(24)25)21-20-12-4-7-14(8-5-12)28(26,27)22-17-3-1-2-10-19-17;/h1-11,23H,(H,19,22)(H,24,25);/q;+1/p-1. The quantitative estimate of drug-likeness (QED) is 0.401. The molecular weight excluding hydrogens is 407 g/mol. The number of nitrogens with zero attached hydrogens (tertiary/aromatic N) is 3. The van der Waals surface area contributed by atoms with Gasteiger partial charge in [0.05, 0.1) is 22.2 Å². The van der Waals surface area contributed by atoms with E-state index in [0.29, 0.717) is 5.69 Å². The molecule has 0 fully saturated rings. The second kappa shape index (κ2) is 9.61. The topological polar surface area (TPSA) is 144 Å². The van der Waals surface area contributed by atoms with E-state index in [1.54, 1.807) is 12.1 Å². The van der Waals surface area contributed by atoms with Crippen molar-refractivity contribution in [3.8, 4) is 5.75 Å². The molecule has 9 nitrogen and oxygen atoms in total. The summed E-state index contributed by atoms with van der Waals surface area (Å²) in [4.78, 5) is 14.8. The van der Waals surface area contributed by atoms with Crippen molar-refractivity contribution in [2.75, 3.05) is 4.72 Å². The van der Waals surface area contributed by atoms with Gasteiger partial charge in [0.2, 0.25) is 0 Å². The van der Waals surface area contributed by atoms with Gasteiger partial charge in [0.15, 0.2) is 0 Å². The Morgan fingerprint density at radius 1 is 1.00 bits per heavy atom. The first kappa shape index (κ1) is 22.5. The normalized spacial score (nSPS) is 11.0. The van der Waals surface area contributed by atoms with Gasteiger partial charge < -0.3 is 15.0 Å². The number of carbonyl (C=O) groups is 1. The maximum absolute atomic E-state index is 12.3. The fourth-order valence-electron chi connectivity index (χ4n) is 2.18. The number of carboxylic acid groups (broad SMARTS) is 1. The fourth-order valence-corrected chi connectivity index (χ4v) is 3.19. The van der Waals surface area contributed by atoms with Crippen molar-refractivity contribution < 1.29 is 53.0 Å². The van der Waals surface area contributed by atoms with Crippen LogP contribution in [0.2, 0.25) is 0 Å². The third-order valence-corrected chi connectivity index (χ3v) is 4.90. The zero-order chi connectivity index (χ0) is 20.1. The van der Waals surface area contributed by atoms with E-state index in [1.165, 1.54) is 48.7 Å². The third kappa shape index (κ3) is 5.84. The Hall–Kier alpha value is -2.79. The van der Waals surface area contributed by atoms with E-state index in [1.807, 2.05) is 0 Å². The maximum atomic E-state index is 12.3. The van der Waals surface area contributed by atoms with E-state index in [0.717, 1.165) is 6.07 Å². The molecule has 0 aliphatic heterocycles. The third-order valence-electron chi connectivity index (χ3n) is 3.53. The van der Waals surface area contributed by atoms with Crippen molar-refractivity contribution in [1.82, 2.24) is 4.98 Å². The van der Waals surface area contributed by atoms with Gasteiger partial charge in [-0.3, -0.25) is 4.72 Å². The van der Waals surface area contributed by atoms with Crippen molar-refractivity contribution in [2.45, 2.75) is 4.90 Å². The van der Waals surface area contributed by atoms with Crippen LogP contribution in [0.4, 0.5) is 17.2 Å². The van der Waals surface area contributed by atoms with E-state index in [2.05, 4.69) is 19.9 Å². The summed E-state index contributed by atoms with van der Waals surface area (Å²) in [6.45, 7) is 0. The van der Waals surface area contributed by atoms with Crippen molar-refractivity contribution >= 4 is 33.2 Å². The van der Waals surface area contributed by atoms with Gasteiger partial charge in [-0.2, -0.15) is 10.2 Å². The molecule has 3 rings (SSSR count). The summed E-state index contributed by atoms with van der Waals surface area (Å²) in [5.74, 6) is -1.78. The molecule has 11 heteroatoms. The van der Waals surface area contributed by atoms with Crippen molar-refractivity contribution in [1.29, 1.82) is 0 Å². The summed E-state index contributed by atoms with van der Waals surface area (Å²) < 4.78 is 27.0.